The first-order valence-electron chi connectivity index (χ1n) is 4.93. The first-order valence-corrected chi connectivity index (χ1v) is 4.93. The Kier molecular flexibility index (Phi) is 6.40. The fourth-order valence-corrected chi connectivity index (χ4v) is 1.22. The lowest BCUT2D eigenvalue weighted by atomic mass is 10.0. The van der Waals surface area contributed by atoms with E-state index in [4.69, 9.17) is 10.2 Å². The Morgan fingerprint density at radius 2 is 1.43 bits per heavy atom. The molecule has 5 heteroatoms. The molecule has 0 aromatic rings. The van der Waals surface area contributed by atoms with Crippen LogP contribution in [-0.2, 0) is 0 Å². The van der Waals surface area contributed by atoms with Crippen LogP contribution in [0.3, 0.4) is 0 Å². The van der Waals surface area contributed by atoms with E-state index in [1.54, 1.807) is 13.8 Å². The first-order chi connectivity index (χ1) is 6.43. The normalized spacial score (nSPS) is 17.4. The molecule has 2 N–H and O–H groups in total. The van der Waals surface area contributed by atoms with Crippen LogP contribution in [0.5, 0.6) is 0 Å². The van der Waals surface area contributed by atoms with Gasteiger partial charge in [-0.3, -0.25) is 10.1 Å². The Bertz CT molecular complexity index is 158. The van der Waals surface area contributed by atoms with Crippen molar-refractivity contribution in [2.24, 2.45) is 0 Å². The van der Waals surface area contributed by atoms with Gasteiger partial charge in [-0.25, -0.2) is 0 Å². The molecule has 0 aromatic carbocycles. The lowest BCUT2D eigenvalue weighted by Crippen LogP contribution is -2.22. The average molecular weight is 205 g/mol. The molecule has 0 heterocycles. The van der Waals surface area contributed by atoms with Crippen molar-refractivity contribution in [1.29, 1.82) is 0 Å². The Labute approximate surface area is 83.9 Å². The maximum absolute atomic E-state index is 10.6. The highest BCUT2D eigenvalue weighted by Gasteiger charge is 2.20. The molecular formula is C9H19NO4. The largest absolute Gasteiger partial charge is 0.393 e. The number of hydrogen-bond donors (Lipinski definition) is 2. The molecule has 0 saturated carbocycles. The molecule has 0 fully saturated rings. The van der Waals surface area contributed by atoms with Crippen molar-refractivity contribution in [2.75, 3.05) is 0 Å². The van der Waals surface area contributed by atoms with Crippen LogP contribution in [0.1, 0.15) is 39.5 Å². The molecule has 0 aromatic heterocycles. The molecule has 0 saturated heterocycles. The molecule has 2 unspecified atom stereocenters. The van der Waals surface area contributed by atoms with Crippen molar-refractivity contribution in [3.05, 3.63) is 10.1 Å². The van der Waals surface area contributed by atoms with E-state index < -0.39 is 18.2 Å². The van der Waals surface area contributed by atoms with Gasteiger partial charge in [0.25, 0.3) is 0 Å². The van der Waals surface area contributed by atoms with E-state index in [0.717, 1.165) is 0 Å². The van der Waals surface area contributed by atoms with Gasteiger partial charge < -0.3 is 10.2 Å². The lowest BCUT2D eigenvalue weighted by molar-refractivity contribution is -0.525. The number of hydrogen-bond acceptors (Lipinski definition) is 4. The van der Waals surface area contributed by atoms with E-state index in [9.17, 15) is 10.1 Å². The van der Waals surface area contributed by atoms with Gasteiger partial charge in [-0.15, -0.1) is 0 Å². The van der Waals surface area contributed by atoms with E-state index in [1.807, 2.05) is 0 Å². The maximum Gasteiger partial charge on any atom is 0.213 e. The molecule has 0 aliphatic heterocycles. The summed E-state index contributed by atoms with van der Waals surface area (Å²) in [5, 5.41) is 28.5. The zero-order valence-corrected chi connectivity index (χ0v) is 8.72. The minimum Gasteiger partial charge on any atom is -0.393 e. The van der Waals surface area contributed by atoms with Gasteiger partial charge in [0.15, 0.2) is 0 Å². The van der Waals surface area contributed by atoms with Crippen molar-refractivity contribution < 1.29 is 15.1 Å². The number of rotatable bonds is 7. The third-order valence-electron chi connectivity index (χ3n) is 2.13. The van der Waals surface area contributed by atoms with Gasteiger partial charge in [-0.1, -0.05) is 0 Å². The average Bonchev–Trinajstić information content (AvgIpc) is 2.02. The molecular weight excluding hydrogens is 186 g/mol. The zero-order valence-electron chi connectivity index (χ0n) is 8.72. The highest BCUT2D eigenvalue weighted by atomic mass is 16.6. The minimum absolute atomic E-state index is 0.329. The molecule has 0 spiro atoms. The molecule has 0 bridgehead atoms. The second-order valence-electron chi connectivity index (χ2n) is 3.79. The predicted molar refractivity (Wildman–Crippen MR) is 52.6 cm³/mol. The van der Waals surface area contributed by atoms with Crippen LogP contribution in [0.15, 0.2) is 0 Å². The SMILES string of the molecule is CC(O)CCC(CCC(C)O)[N+](=O)[O-]. The van der Waals surface area contributed by atoms with Crippen molar-refractivity contribution >= 4 is 0 Å². The van der Waals surface area contributed by atoms with Gasteiger partial charge >= 0.3 is 0 Å². The third kappa shape index (κ3) is 6.80. The van der Waals surface area contributed by atoms with E-state index in [2.05, 4.69) is 0 Å². The smallest absolute Gasteiger partial charge is 0.213 e. The summed E-state index contributed by atoms with van der Waals surface area (Å²) in [5.74, 6) is 0. The van der Waals surface area contributed by atoms with Gasteiger partial charge in [0.1, 0.15) is 0 Å². The molecule has 0 aliphatic rings. The zero-order chi connectivity index (χ0) is 11.1. The van der Waals surface area contributed by atoms with Gasteiger partial charge in [0, 0.05) is 17.8 Å². The number of aliphatic hydroxyl groups excluding tert-OH is 2. The van der Waals surface area contributed by atoms with E-state index in [0.29, 0.717) is 25.7 Å². The molecule has 14 heavy (non-hydrogen) atoms. The number of aliphatic hydroxyl groups is 2. The molecule has 84 valence electrons. The first kappa shape index (κ1) is 13.3. The van der Waals surface area contributed by atoms with Gasteiger partial charge in [0.2, 0.25) is 6.04 Å². The van der Waals surface area contributed by atoms with Crippen molar-refractivity contribution in [1.82, 2.24) is 0 Å². The standard InChI is InChI=1S/C9H19NO4/c1-7(11)3-5-9(10(13)14)6-4-8(2)12/h7-9,11-12H,3-6H2,1-2H3. The van der Waals surface area contributed by atoms with Crippen molar-refractivity contribution in [3.8, 4) is 0 Å². The predicted octanol–water partition coefficient (Wildman–Crippen LogP) is 0.954. The summed E-state index contributed by atoms with van der Waals surface area (Å²) >= 11 is 0. The van der Waals surface area contributed by atoms with Crippen LogP contribution < -0.4 is 0 Å². The highest BCUT2D eigenvalue weighted by molar-refractivity contribution is 4.61. The second-order valence-corrected chi connectivity index (χ2v) is 3.79. The summed E-state index contributed by atoms with van der Waals surface area (Å²) in [6.07, 6.45) is 0.624. The summed E-state index contributed by atoms with van der Waals surface area (Å²) in [6.45, 7) is 3.23. The minimum atomic E-state index is -0.640. The van der Waals surface area contributed by atoms with Crippen LogP contribution in [0.25, 0.3) is 0 Å². The number of nitro groups is 1. The van der Waals surface area contributed by atoms with Crippen LogP contribution in [-0.4, -0.2) is 33.4 Å². The topological polar surface area (TPSA) is 83.6 Å². The Morgan fingerprint density at radius 1 is 1.07 bits per heavy atom. The maximum atomic E-state index is 10.6. The van der Waals surface area contributed by atoms with E-state index in [1.165, 1.54) is 0 Å². The van der Waals surface area contributed by atoms with Gasteiger partial charge in [-0.05, 0) is 26.7 Å². The second kappa shape index (κ2) is 6.73. The monoisotopic (exact) mass is 205 g/mol. The third-order valence-corrected chi connectivity index (χ3v) is 2.13. The summed E-state index contributed by atoms with van der Waals surface area (Å²) < 4.78 is 0. The number of nitrogens with zero attached hydrogens (tertiary/aromatic N) is 1. The van der Waals surface area contributed by atoms with E-state index >= 15 is 0 Å². The summed E-state index contributed by atoms with van der Waals surface area (Å²) in [5.41, 5.74) is 0. The summed E-state index contributed by atoms with van der Waals surface area (Å²) in [7, 11) is 0. The van der Waals surface area contributed by atoms with Crippen LogP contribution in [0, 0.1) is 10.1 Å². The van der Waals surface area contributed by atoms with Crippen LogP contribution >= 0.6 is 0 Å². The highest BCUT2D eigenvalue weighted by Crippen LogP contribution is 2.11. The Balaban J connectivity index is 3.84. The fourth-order valence-electron chi connectivity index (χ4n) is 1.22. The summed E-state index contributed by atoms with van der Waals surface area (Å²) in [4.78, 5) is 10.2. The van der Waals surface area contributed by atoms with Crippen molar-refractivity contribution in [3.63, 3.8) is 0 Å². The van der Waals surface area contributed by atoms with E-state index in [-0.39, 0.29) is 4.92 Å². The molecule has 0 aliphatic carbocycles. The van der Waals surface area contributed by atoms with Gasteiger partial charge in [0.05, 0.1) is 12.2 Å². The molecule has 2 atom stereocenters. The molecule has 0 rings (SSSR count). The summed E-state index contributed by atoms with van der Waals surface area (Å²) in [6, 6.07) is -0.640. The van der Waals surface area contributed by atoms with Crippen LogP contribution in [0.4, 0.5) is 0 Å². The quantitative estimate of drug-likeness (QED) is 0.479. The molecule has 0 radical (unpaired) electrons. The fraction of sp³-hybridized carbons (Fsp3) is 1.00. The van der Waals surface area contributed by atoms with Crippen molar-refractivity contribution in [2.45, 2.75) is 57.8 Å². The molecule has 0 amide bonds. The van der Waals surface area contributed by atoms with Crippen LogP contribution in [0.2, 0.25) is 0 Å². The Morgan fingerprint density at radius 3 is 1.64 bits per heavy atom. The Hall–Kier alpha value is -0.680. The molecule has 5 nitrogen and oxygen atoms in total. The van der Waals surface area contributed by atoms with Gasteiger partial charge in [-0.2, -0.15) is 0 Å². The lowest BCUT2D eigenvalue weighted by Gasteiger charge is -2.11.